The maximum Gasteiger partial charge on any atom is 0.221 e. The number of halogens is 1. The summed E-state index contributed by atoms with van der Waals surface area (Å²) in [6.45, 7) is 7.04. The molecule has 0 aliphatic rings. The number of aliphatic imine (C=N–C) groups is 1. The van der Waals surface area contributed by atoms with E-state index in [2.05, 4.69) is 29.5 Å². The predicted molar refractivity (Wildman–Crippen MR) is 105 cm³/mol. The highest BCUT2D eigenvalue weighted by atomic mass is 127. The lowest BCUT2D eigenvalue weighted by Gasteiger charge is -2.11. The predicted octanol–water partition coefficient (Wildman–Crippen LogP) is 2.72. The molecule has 0 atom stereocenters. The molecule has 1 aromatic carbocycles. The zero-order valence-electron chi connectivity index (χ0n) is 14.2. The van der Waals surface area contributed by atoms with Crippen molar-refractivity contribution in [2.45, 2.75) is 33.7 Å². The van der Waals surface area contributed by atoms with E-state index in [4.69, 9.17) is 10.5 Å². The van der Waals surface area contributed by atoms with Crippen molar-refractivity contribution >= 4 is 41.5 Å². The highest BCUT2D eigenvalue weighted by molar-refractivity contribution is 14.0. The lowest BCUT2D eigenvalue weighted by molar-refractivity contribution is -0.114. The quantitative estimate of drug-likeness (QED) is 0.350. The molecule has 0 heterocycles. The maximum atomic E-state index is 11.2. The first-order valence-electron chi connectivity index (χ1n) is 7.40. The zero-order chi connectivity index (χ0) is 16.5. The molecule has 130 valence electrons. The Kier molecular flexibility index (Phi) is 10.4. The van der Waals surface area contributed by atoms with E-state index < -0.39 is 0 Å². The normalized spacial score (nSPS) is 10.9. The average molecular weight is 434 g/mol. The van der Waals surface area contributed by atoms with Crippen molar-refractivity contribution < 1.29 is 9.53 Å². The van der Waals surface area contributed by atoms with Crippen LogP contribution in [0.1, 0.15) is 32.8 Å². The zero-order valence-corrected chi connectivity index (χ0v) is 16.5. The number of carbonyl (C=O) groups is 1. The van der Waals surface area contributed by atoms with Crippen LogP contribution < -0.4 is 21.1 Å². The molecule has 0 bridgehead atoms. The minimum absolute atomic E-state index is 0. The summed E-state index contributed by atoms with van der Waals surface area (Å²) in [6, 6.07) is 5.54. The van der Waals surface area contributed by atoms with Gasteiger partial charge in [-0.15, -0.1) is 24.0 Å². The molecule has 0 radical (unpaired) electrons. The molecule has 0 aromatic heterocycles. The second kappa shape index (κ2) is 11.1. The molecule has 0 saturated carbocycles. The van der Waals surface area contributed by atoms with Gasteiger partial charge in [-0.05, 0) is 30.0 Å². The monoisotopic (exact) mass is 434 g/mol. The molecule has 0 aliphatic carbocycles. The maximum absolute atomic E-state index is 11.2. The molecule has 7 heteroatoms. The van der Waals surface area contributed by atoms with E-state index in [1.807, 2.05) is 12.1 Å². The van der Waals surface area contributed by atoms with E-state index in [1.54, 1.807) is 13.2 Å². The van der Waals surface area contributed by atoms with Gasteiger partial charge in [-0.1, -0.05) is 19.9 Å². The van der Waals surface area contributed by atoms with Crippen molar-refractivity contribution in [3.8, 4) is 5.75 Å². The Morgan fingerprint density at radius 2 is 2.09 bits per heavy atom. The molecule has 6 nitrogen and oxygen atoms in total. The van der Waals surface area contributed by atoms with Crippen LogP contribution in [0.5, 0.6) is 5.75 Å². The molecule has 4 N–H and O–H groups in total. The summed E-state index contributed by atoms with van der Waals surface area (Å²) in [5.41, 5.74) is 7.40. The first-order chi connectivity index (χ1) is 10.4. The van der Waals surface area contributed by atoms with Gasteiger partial charge in [0.15, 0.2) is 5.96 Å². The Labute approximate surface area is 155 Å². The van der Waals surface area contributed by atoms with E-state index in [1.165, 1.54) is 6.92 Å². The topological polar surface area (TPSA) is 88.7 Å². The van der Waals surface area contributed by atoms with Gasteiger partial charge in [0.25, 0.3) is 0 Å². The molecule has 1 amide bonds. The molecule has 0 spiro atoms. The summed E-state index contributed by atoms with van der Waals surface area (Å²) in [7, 11) is 1.56. The van der Waals surface area contributed by atoms with Gasteiger partial charge in [0, 0.05) is 13.5 Å². The van der Waals surface area contributed by atoms with Crippen molar-refractivity contribution in [3.05, 3.63) is 23.8 Å². The van der Waals surface area contributed by atoms with Crippen molar-refractivity contribution in [2.75, 3.05) is 19.0 Å². The minimum atomic E-state index is -0.145. The van der Waals surface area contributed by atoms with Crippen LogP contribution in [0.15, 0.2) is 23.2 Å². The molecule has 0 fully saturated rings. The Balaban J connectivity index is 0.00000484. The number of carbonyl (C=O) groups excluding carboxylic acids is 1. The summed E-state index contributed by atoms with van der Waals surface area (Å²) in [6.07, 6.45) is 1.05. The summed E-state index contributed by atoms with van der Waals surface area (Å²) >= 11 is 0. The van der Waals surface area contributed by atoms with Crippen LogP contribution in [0, 0.1) is 5.92 Å². The second-order valence-corrected chi connectivity index (χ2v) is 5.53. The average Bonchev–Trinajstić information content (AvgIpc) is 2.44. The number of benzene rings is 1. The fourth-order valence-electron chi connectivity index (χ4n) is 1.86. The van der Waals surface area contributed by atoms with E-state index >= 15 is 0 Å². The number of nitrogens with zero attached hydrogens (tertiary/aromatic N) is 1. The molecule has 23 heavy (non-hydrogen) atoms. The Bertz CT molecular complexity index is 533. The van der Waals surface area contributed by atoms with Gasteiger partial charge in [0.1, 0.15) is 5.75 Å². The number of nitrogens with one attached hydrogen (secondary N) is 2. The fraction of sp³-hybridized carbons (Fsp3) is 0.500. The van der Waals surface area contributed by atoms with Crippen LogP contribution >= 0.6 is 24.0 Å². The van der Waals surface area contributed by atoms with Crippen molar-refractivity contribution in [3.63, 3.8) is 0 Å². The summed E-state index contributed by atoms with van der Waals surface area (Å²) < 4.78 is 5.21. The smallest absolute Gasteiger partial charge is 0.221 e. The summed E-state index contributed by atoms with van der Waals surface area (Å²) in [4.78, 5) is 15.5. The van der Waals surface area contributed by atoms with E-state index in [0.29, 0.717) is 29.9 Å². The lowest BCUT2D eigenvalue weighted by atomic mass is 10.1. The Morgan fingerprint density at radius 1 is 1.39 bits per heavy atom. The van der Waals surface area contributed by atoms with Crippen LogP contribution in [-0.4, -0.2) is 25.5 Å². The number of hydrogen-bond donors (Lipinski definition) is 3. The van der Waals surface area contributed by atoms with Crippen LogP contribution in [0.3, 0.4) is 0 Å². The number of ether oxygens (including phenoxy) is 1. The standard InChI is InChI=1S/C16H26N4O2.HI/c1-11(2)7-8-18-16(17)19-10-13-5-6-15(22-4)14(9-13)20-12(3)21;/h5-6,9,11H,7-8,10H2,1-4H3,(H,20,21)(H3,17,18,19);1H. The highest BCUT2D eigenvalue weighted by Crippen LogP contribution is 2.25. The van der Waals surface area contributed by atoms with Gasteiger partial charge >= 0.3 is 0 Å². The Hall–Kier alpha value is -1.51. The van der Waals surface area contributed by atoms with Crippen LogP contribution in [0.25, 0.3) is 0 Å². The van der Waals surface area contributed by atoms with Gasteiger partial charge in [-0.25, -0.2) is 4.99 Å². The van der Waals surface area contributed by atoms with Crippen molar-refractivity contribution in [1.29, 1.82) is 0 Å². The van der Waals surface area contributed by atoms with Crippen molar-refractivity contribution in [2.24, 2.45) is 16.6 Å². The van der Waals surface area contributed by atoms with Crippen LogP contribution in [-0.2, 0) is 11.3 Å². The molecular weight excluding hydrogens is 407 g/mol. The highest BCUT2D eigenvalue weighted by Gasteiger charge is 2.06. The SMILES string of the molecule is COc1ccc(CN=C(N)NCCC(C)C)cc1NC(C)=O.I. The van der Waals surface area contributed by atoms with Crippen LogP contribution in [0.4, 0.5) is 5.69 Å². The third-order valence-electron chi connectivity index (χ3n) is 3.03. The number of anilines is 1. The van der Waals surface area contributed by atoms with Crippen LogP contribution in [0.2, 0.25) is 0 Å². The molecule has 1 rings (SSSR count). The molecule has 0 unspecified atom stereocenters. The van der Waals surface area contributed by atoms with E-state index in [-0.39, 0.29) is 29.9 Å². The number of guanidine groups is 1. The number of hydrogen-bond acceptors (Lipinski definition) is 3. The third-order valence-corrected chi connectivity index (χ3v) is 3.03. The number of amides is 1. The van der Waals surface area contributed by atoms with Gasteiger partial charge < -0.3 is 21.1 Å². The van der Waals surface area contributed by atoms with Gasteiger partial charge in [-0.3, -0.25) is 4.79 Å². The third kappa shape index (κ3) is 8.63. The fourth-order valence-corrected chi connectivity index (χ4v) is 1.86. The van der Waals surface area contributed by atoms with Gasteiger partial charge in [0.05, 0.1) is 19.3 Å². The molecule has 0 aliphatic heterocycles. The van der Waals surface area contributed by atoms with Crippen molar-refractivity contribution in [1.82, 2.24) is 5.32 Å². The van der Waals surface area contributed by atoms with Gasteiger partial charge in [0.2, 0.25) is 5.91 Å². The molecule has 1 aromatic rings. The van der Waals surface area contributed by atoms with E-state index in [9.17, 15) is 4.79 Å². The second-order valence-electron chi connectivity index (χ2n) is 5.53. The van der Waals surface area contributed by atoms with E-state index in [0.717, 1.165) is 18.5 Å². The molecular formula is C16H27IN4O2. The largest absolute Gasteiger partial charge is 0.495 e. The number of nitrogens with two attached hydrogens (primary N) is 1. The minimum Gasteiger partial charge on any atom is -0.495 e. The number of methoxy groups -OCH3 is 1. The first kappa shape index (κ1) is 21.5. The lowest BCUT2D eigenvalue weighted by Crippen LogP contribution is -2.32. The summed E-state index contributed by atoms with van der Waals surface area (Å²) in [5.74, 6) is 1.53. The Morgan fingerprint density at radius 3 is 2.65 bits per heavy atom. The summed E-state index contributed by atoms with van der Waals surface area (Å²) in [5, 5.41) is 5.83. The molecule has 0 saturated heterocycles. The van der Waals surface area contributed by atoms with Gasteiger partial charge in [-0.2, -0.15) is 0 Å². The number of rotatable bonds is 7. The first-order valence-corrected chi connectivity index (χ1v) is 7.40.